The Labute approximate surface area is 213 Å². The summed E-state index contributed by atoms with van der Waals surface area (Å²) in [6, 6.07) is 21.2. The monoisotopic (exact) mass is 497 g/mol. The molecule has 1 aliphatic rings. The minimum absolute atomic E-state index is 0. The van der Waals surface area contributed by atoms with Gasteiger partial charge in [-0.1, -0.05) is 42.5 Å². The summed E-state index contributed by atoms with van der Waals surface area (Å²) in [7, 11) is 1.94. The van der Waals surface area contributed by atoms with E-state index in [2.05, 4.69) is 14.9 Å². The number of hydrogen-bond acceptors (Lipinski definition) is 4. The van der Waals surface area contributed by atoms with Gasteiger partial charge in [0.05, 0.1) is 22.9 Å². The van der Waals surface area contributed by atoms with Crippen LogP contribution in [0.3, 0.4) is 0 Å². The SMILES string of the molecule is Cl.Cn1cc(C2=C(c3cn(C(CN)c4ccccn4)c4ccccc34)C(=O)NC2=O)c2ccccc21. The van der Waals surface area contributed by atoms with Crippen molar-refractivity contribution in [1.29, 1.82) is 0 Å². The minimum atomic E-state index is -0.400. The van der Waals surface area contributed by atoms with E-state index in [1.807, 2.05) is 90.7 Å². The van der Waals surface area contributed by atoms with Crippen molar-refractivity contribution in [3.63, 3.8) is 0 Å². The first-order valence-electron chi connectivity index (χ1n) is 11.4. The molecule has 180 valence electrons. The van der Waals surface area contributed by atoms with Crippen molar-refractivity contribution in [3.8, 4) is 0 Å². The molecule has 0 bridgehead atoms. The fraction of sp³-hybridized carbons (Fsp3) is 0.107. The first kappa shape index (κ1) is 23.5. The van der Waals surface area contributed by atoms with Gasteiger partial charge in [-0.15, -0.1) is 12.4 Å². The Hall–Kier alpha value is -4.20. The summed E-state index contributed by atoms with van der Waals surface area (Å²) in [6.45, 7) is 0.329. The van der Waals surface area contributed by atoms with Gasteiger partial charge in [-0.05, 0) is 24.3 Å². The molecule has 0 aliphatic carbocycles. The zero-order valence-corrected chi connectivity index (χ0v) is 20.3. The Kier molecular flexibility index (Phi) is 5.96. The molecule has 1 aliphatic heterocycles. The lowest BCUT2D eigenvalue weighted by Crippen LogP contribution is -2.22. The van der Waals surface area contributed by atoms with Crippen molar-refractivity contribution in [2.24, 2.45) is 12.8 Å². The lowest BCUT2D eigenvalue weighted by atomic mass is 9.95. The molecule has 2 amide bonds. The third kappa shape index (κ3) is 3.52. The fourth-order valence-corrected chi connectivity index (χ4v) is 5.12. The molecule has 0 radical (unpaired) electrons. The summed E-state index contributed by atoms with van der Waals surface area (Å²) in [5, 5.41) is 4.32. The van der Waals surface area contributed by atoms with Gasteiger partial charge in [0.2, 0.25) is 0 Å². The normalized spacial score (nSPS) is 14.4. The number of carbonyl (C=O) groups is 2. The van der Waals surface area contributed by atoms with Crippen molar-refractivity contribution in [2.75, 3.05) is 6.54 Å². The largest absolute Gasteiger partial charge is 0.350 e. The number of para-hydroxylation sites is 2. The minimum Gasteiger partial charge on any atom is -0.350 e. The van der Waals surface area contributed by atoms with Gasteiger partial charge >= 0.3 is 0 Å². The number of carbonyl (C=O) groups excluding carboxylic acids is 2. The summed E-state index contributed by atoms with van der Waals surface area (Å²) < 4.78 is 4.02. The molecule has 7 nitrogen and oxygen atoms in total. The van der Waals surface area contributed by atoms with Crippen LogP contribution in [0.5, 0.6) is 0 Å². The molecule has 5 aromatic rings. The van der Waals surface area contributed by atoms with E-state index in [1.54, 1.807) is 6.20 Å². The Morgan fingerprint density at radius 1 is 0.833 bits per heavy atom. The number of fused-ring (bicyclic) bond motifs is 2. The number of rotatable bonds is 5. The van der Waals surface area contributed by atoms with E-state index in [0.29, 0.717) is 23.3 Å². The molecule has 0 spiro atoms. The standard InChI is InChI=1S/C28H23N5O2.ClH/c1-32-15-19(17-8-2-4-11-22(17)32)25-26(28(35)31-27(25)34)20-16-33(23-12-5-3-9-18(20)23)24(14-29)21-10-6-7-13-30-21;/h2-13,15-16,24H,14,29H2,1H3,(H,31,34,35);1H. The quantitative estimate of drug-likeness (QED) is 0.358. The van der Waals surface area contributed by atoms with Gasteiger partial charge in [0.15, 0.2) is 0 Å². The molecule has 36 heavy (non-hydrogen) atoms. The first-order chi connectivity index (χ1) is 17.1. The van der Waals surface area contributed by atoms with E-state index in [1.165, 1.54) is 0 Å². The molecule has 0 saturated heterocycles. The summed E-state index contributed by atoms with van der Waals surface area (Å²) >= 11 is 0. The smallest absolute Gasteiger partial charge is 0.259 e. The van der Waals surface area contributed by atoms with E-state index >= 15 is 0 Å². The number of halogens is 1. The van der Waals surface area contributed by atoms with Gasteiger partial charge in [0.25, 0.3) is 11.8 Å². The zero-order chi connectivity index (χ0) is 24.1. The van der Waals surface area contributed by atoms with E-state index in [9.17, 15) is 9.59 Å². The molecule has 8 heteroatoms. The Morgan fingerprint density at radius 2 is 1.42 bits per heavy atom. The van der Waals surface area contributed by atoms with Crippen molar-refractivity contribution in [2.45, 2.75) is 6.04 Å². The van der Waals surface area contributed by atoms with Crippen LogP contribution in [0.2, 0.25) is 0 Å². The number of amides is 2. The van der Waals surface area contributed by atoms with Crippen LogP contribution in [-0.4, -0.2) is 32.5 Å². The maximum Gasteiger partial charge on any atom is 0.259 e. The Morgan fingerprint density at radius 3 is 2.06 bits per heavy atom. The number of benzene rings is 2. The van der Waals surface area contributed by atoms with Crippen molar-refractivity contribution in [3.05, 3.63) is 102 Å². The van der Waals surface area contributed by atoms with E-state index in [-0.39, 0.29) is 18.4 Å². The van der Waals surface area contributed by atoms with Crippen LogP contribution in [0.15, 0.2) is 85.3 Å². The molecule has 2 aromatic carbocycles. The van der Waals surface area contributed by atoms with E-state index < -0.39 is 11.8 Å². The third-order valence-electron chi connectivity index (χ3n) is 6.70. The third-order valence-corrected chi connectivity index (χ3v) is 6.70. The molecule has 3 aromatic heterocycles. The lowest BCUT2D eigenvalue weighted by Gasteiger charge is -2.17. The van der Waals surface area contributed by atoms with Gasteiger partial charge in [-0.2, -0.15) is 0 Å². The number of nitrogens with two attached hydrogens (primary N) is 1. The van der Waals surface area contributed by atoms with Gasteiger partial charge in [0.1, 0.15) is 0 Å². The lowest BCUT2D eigenvalue weighted by molar-refractivity contribution is -0.122. The highest BCUT2D eigenvalue weighted by atomic mass is 35.5. The van der Waals surface area contributed by atoms with Gasteiger partial charge < -0.3 is 14.9 Å². The second-order valence-corrected chi connectivity index (χ2v) is 8.68. The summed E-state index contributed by atoms with van der Waals surface area (Å²) in [5.74, 6) is -0.791. The van der Waals surface area contributed by atoms with Crippen LogP contribution in [0.1, 0.15) is 22.9 Å². The fourth-order valence-electron chi connectivity index (χ4n) is 5.12. The number of hydrogen-bond donors (Lipinski definition) is 2. The molecule has 4 heterocycles. The van der Waals surface area contributed by atoms with Crippen LogP contribution < -0.4 is 11.1 Å². The molecule has 3 N–H and O–H groups in total. The maximum atomic E-state index is 13.2. The van der Waals surface area contributed by atoms with Crippen molar-refractivity contribution in [1.82, 2.24) is 19.4 Å². The van der Waals surface area contributed by atoms with Gasteiger partial charge in [-0.25, -0.2) is 0 Å². The zero-order valence-electron chi connectivity index (χ0n) is 19.5. The van der Waals surface area contributed by atoms with E-state index in [0.717, 1.165) is 33.1 Å². The van der Waals surface area contributed by atoms with Crippen molar-refractivity contribution >= 4 is 57.2 Å². The highest BCUT2D eigenvalue weighted by molar-refractivity contribution is 6.50. The summed E-state index contributed by atoms with van der Waals surface area (Å²) in [5.41, 5.74) is 11.1. The molecular weight excluding hydrogens is 474 g/mol. The topological polar surface area (TPSA) is 94.9 Å². The first-order valence-corrected chi connectivity index (χ1v) is 11.4. The molecular formula is C28H24ClN5O2. The average molecular weight is 498 g/mol. The maximum absolute atomic E-state index is 13.2. The van der Waals surface area contributed by atoms with Crippen LogP contribution >= 0.6 is 12.4 Å². The van der Waals surface area contributed by atoms with Gasteiger partial charge in [0, 0.05) is 65.1 Å². The number of aromatic nitrogens is 3. The molecule has 6 rings (SSSR count). The average Bonchev–Trinajstić information content (AvgIpc) is 3.51. The van der Waals surface area contributed by atoms with Crippen LogP contribution in [0, 0.1) is 0 Å². The number of nitrogens with one attached hydrogen (secondary N) is 1. The molecule has 0 fully saturated rings. The predicted octanol–water partition coefficient (Wildman–Crippen LogP) is 4.07. The van der Waals surface area contributed by atoms with E-state index in [4.69, 9.17) is 5.73 Å². The van der Waals surface area contributed by atoms with Gasteiger partial charge in [-0.3, -0.25) is 19.9 Å². The number of aryl methyl sites for hydroxylation is 1. The highest BCUT2D eigenvalue weighted by Crippen LogP contribution is 2.39. The second kappa shape index (κ2) is 9.11. The van der Waals surface area contributed by atoms with Crippen LogP contribution in [-0.2, 0) is 16.6 Å². The molecule has 1 atom stereocenters. The molecule has 1 unspecified atom stereocenters. The van der Waals surface area contributed by atoms with Crippen molar-refractivity contribution < 1.29 is 9.59 Å². The Bertz CT molecular complexity index is 1670. The number of nitrogens with zero attached hydrogens (tertiary/aromatic N) is 3. The molecule has 0 saturated carbocycles. The highest BCUT2D eigenvalue weighted by Gasteiger charge is 2.35. The number of imide groups is 1. The predicted molar refractivity (Wildman–Crippen MR) is 143 cm³/mol. The Balaban J connectivity index is 0.00000267. The second-order valence-electron chi connectivity index (χ2n) is 8.68. The van der Waals surface area contributed by atoms with Crippen LogP contribution in [0.25, 0.3) is 33.0 Å². The number of pyridine rings is 1. The summed E-state index contributed by atoms with van der Waals surface area (Å²) in [4.78, 5) is 30.9. The van der Waals surface area contributed by atoms with Crippen LogP contribution in [0.4, 0.5) is 0 Å². The summed E-state index contributed by atoms with van der Waals surface area (Å²) in [6.07, 6.45) is 5.58.